The van der Waals surface area contributed by atoms with Gasteiger partial charge >= 0.3 is 0 Å². The average Bonchev–Trinajstić information content (AvgIpc) is 3.08. The molecule has 0 unspecified atom stereocenters. The first kappa shape index (κ1) is 14.1. The number of nitrogens with zero attached hydrogens (tertiary/aromatic N) is 2. The topological polar surface area (TPSA) is 68.0 Å². The number of hydrogen-bond donors (Lipinski definition) is 1. The molecule has 3 rings (SSSR count). The molecule has 0 spiro atoms. The molecule has 1 aromatic carbocycles. The van der Waals surface area contributed by atoms with E-state index >= 15 is 0 Å². The van der Waals surface area contributed by atoms with Crippen LogP contribution in [0.3, 0.4) is 0 Å². The van der Waals surface area contributed by atoms with Gasteiger partial charge in [-0.25, -0.2) is 4.39 Å². The van der Waals surface area contributed by atoms with Crippen LogP contribution in [0.5, 0.6) is 0 Å². The molecule has 5 nitrogen and oxygen atoms in total. The standard InChI is InChI=1S/C13H7FIN3O2S/c14-8-3-1-7(2-4-8)12(19)17-13-16-11(18-21-13)9-5-6-10(15)20-9/h1-6H,(H,16,17,18,19). The molecule has 3 aromatic rings. The molecule has 0 aliphatic heterocycles. The number of rotatable bonds is 3. The van der Waals surface area contributed by atoms with E-state index in [0.717, 1.165) is 15.3 Å². The van der Waals surface area contributed by atoms with Gasteiger partial charge in [-0.05, 0) is 59.0 Å². The Labute approximate surface area is 136 Å². The van der Waals surface area contributed by atoms with E-state index in [-0.39, 0.29) is 5.91 Å². The molecule has 2 aromatic heterocycles. The summed E-state index contributed by atoms with van der Waals surface area (Å²) in [5.74, 6) is 0.194. The van der Waals surface area contributed by atoms with E-state index < -0.39 is 5.82 Å². The summed E-state index contributed by atoms with van der Waals surface area (Å²) >= 11 is 3.10. The number of benzene rings is 1. The maximum Gasteiger partial charge on any atom is 0.257 e. The summed E-state index contributed by atoms with van der Waals surface area (Å²) in [6.45, 7) is 0. The normalized spacial score (nSPS) is 10.6. The summed E-state index contributed by atoms with van der Waals surface area (Å²) < 4.78 is 23.1. The highest BCUT2D eigenvalue weighted by Gasteiger charge is 2.13. The Balaban J connectivity index is 1.75. The zero-order chi connectivity index (χ0) is 14.8. The van der Waals surface area contributed by atoms with E-state index in [1.165, 1.54) is 24.3 Å². The number of carbonyl (C=O) groups excluding carboxylic acids is 1. The molecule has 0 saturated heterocycles. The fourth-order valence-corrected chi connectivity index (χ4v) is 2.57. The lowest BCUT2D eigenvalue weighted by molar-refractivity contribution is 0.102. The quantitative estimate of drug-likeness (QED) is 0.661. The predicted molar refractivity (Wildman–Crippen MR) is 84.7 cm³/mol. The van der Waals surface area contributed by atoms with Crippen LogP contribution >= 0.6 is 34.1 Å². The number of halogens is 2. The molecule has 0 aliphatic carbocycles. The second-order valence-electron chi connectivity index (χ2n) is 3.99. The molecule has 21 heavy (non-hydrogen) atoms. The summed E-state index contributed by atoms with van der Waals surface area (Å²) in [7, 11) is 0. The van der Waals surface area contributed by atoms with Crippen molar-refractivity contribution in [1.29, 1.82) is 0 Å². The maximum atomic E-state index is 12.8. The summed E-state index contributed by atoms with van der Waals surface area (Å²) in [5, 5.41) is 2.97. The lowest BCUT2D eigenvalue weighted by atomic mass is 10.2. The molecule has 0 atom stereocenters. The van der Waals surface area contributed by atoms with Gasteiger partial charge in [0.05, 0.1) is 0 Å². The fourth-order valence-electron chi connectivity index (χ4n) is 1.58. The van der Waals surface area contributed by atoms with Crippen molar-refractivity contribution in [2.75, 3.05) is 5.32 Å². The predicted octanol–water partition coefficient (Wildman–Crippen LogP) is 3.79. The van der Waals surface area contributed by atoms with Crippen molar-refractivity contribution in [3.05, 3.63) is 51.5 Å². The average molecular weight is 415 g/mol. The number of furan rings is 1. The maximum absolute atomic E-state index is 12.8. The Morgan fingerprint density at radius 3 is 2.67 bits per heavy atom. The number of amides is 1. The summed E-state index contributed by atoms with van der Waals surface area (Å²) in [4.78, 5) is 16.1. The van der Waals surface area contributed by atoms with E-state index in [9.17, 15) is 9.18 Å². The van der Waals surface area contributed by atoms with Gasteiger partial charge in [-0.1, -0.05) is 0 Å². The highest BCUT2D eigenvalue weighted by Crippen LogP contribution is 2.24. The molecular formula is C13H7FIN3O2S. The molecule has 0 bridgehead atoms. The molecule has 106 valence electrons. The Bertz CT molecular complexity index is 785. The first-order valence-electron chi connectivity index (χ1n) is 5.78. The van der Waals surface area contributed by atoms with Gasteiger partial charge in [-0.2, -0.15) is 9.36 Å². The fraction of sp³-hybridized carbons (Fsp3) is 0. The lowest BCUT2D eigenvalue weighted by Gasteiger charge is -2.00. The van der Waals surface area contributed by atoms with Gasteiger partial charge in [0, 0.05) is 17.1 Å². The Morgan fingerprint density at radius 1 is 1.24 bits per heavy atom. The van der Waals surface area contributed by atoms with E-state index in [0.29, 0.717) is 22.3 Å². The van der Waals surface area contributed by atoms with Gasteiger partial charge in [-0.15, -0.1) is 0 Å². The molecule has 1 amide bonds. The third-order valence-electron chi connectivity index (χ3n) is 2.55. The van der Waals surface area contributed by atoms with Gasteiger partial charge in [0.2, 0.25) is 11.0 Å². The first-order valence-corrected chi connectivity index (χ1v) is 7.63. The zero-order valence-corrected chi connectivity index (χ0v) is 13.3. The van der Waals surface area contributed by atoms with E-state index in [4.69, 9.17) is 4.42 Å². The van der Waals surface area contributed by atoms with Crippen LogP contribution in [0.2, 0.25) is 0 Å². The van der Waals surface area contributed by atoms with Crippen molar-refractivity contribution in [2.45, 2.75) is 0 Å². The first-order chi connectivity index (χ1) is 10.1. The molecule has 1 N–H and O–H groups in total. The van der Waals surface area contributed by atoms with E-state index in [2.05, 4.69) is 14.7 Å². The zero-order valence-electron chi connectivity index (χ0n) is 10.3. The van der Waals surface area contributed by atoms with Crippen molar-refractivity contribution in [2.24, 2.45) is 0 Å². The minimum absolute atomic E-state index is 0.348. The van der Waals surface area contributed by atoms with Crippen LogP contribution in [0, 0.1) is 9.58 Å². The minimum atomic E-state index is -0.392. The second-order valence-corrected chi connectivity index (χ2v) is 5.80. The van der Waals surface area contributed by atoms with Crippen molar-refractivity contribution < 1.29 is 13.6 Å². The van der Waals surface area contributed by atoms with Gasteiger partial charge in [0.25, 0.3) is 5.91 Å². The molecule has 8 heteroatoms. The van der Waals surface area contributed by atoms with Gasteiger partial charge < -0.3 is 4.42 Å². The molecule has 0 radical (unpaired) electrons. The van der Waals surface area contributed by atoms with Crippen molar-refractivity contribution in [3.8, 4) is 11.6 Å². The third-order valence-corrected chi connectivity index (χ3v) is 3.76. The summed E-state index contributed by atoms with van der Waals surface area (Å²) in [6, 6.07) is 8.82. The van der Waals surface area contributed by atoms with Gasteiger partial charge in [0.1, 0.15) is 5.82 Å². The van der Waals surface area contributed by atoms with Gasteiger partial charge in [-0.3, -0.25) is 10.1 Å². The van der Waals surface area contributed by atoms with Crippen LogP contribution in [0.4, 0.5) is 9.52 Å². The minimum Gasteiger partial charge on any atom is -0.447 e. The van der Waals surface area contributed by atoms with Gasteiger partial charge in [0.15, 0.2) is 9.53 Å². The highest BCUT2D eigenvalue weighted by atomic mass is 127. The van der Waals surface area contributed by atoms with E-state index in [1.807, 2.05) is 22.6 Å². The molecular weight excluding hydrogens is 408 g/mol. The smallest absolute Gasteiger partial charge is 0.257 e. The Morgan fingerprint density at radius 2 is 2.00 bits per heavy atom. The molecule has 2 heterocycles. The van der Waals surface area contributed by atoms with Crippen LogP contribution in [0.25, 0.3) is 11.6 Å². The molecule has 0 saturated carbocycles. The largest absolute Gasteiger partial charge is 0.447 e. The third kappa shape index (κ3) is 3.27. The molecule has 0 fully saturated rings. The number of aromatic nitrogens is 2. The van der Waals surface area contributed by atoms with Crippen LogP contribution < -0.4 is 5.32 Å². The Hall–Kier alpha value is -1.81. The Kier molecular flexibility index (Phi) is 3.97. The van der Waals surface area contributed by atoms with Crippen molar-refractivity contribution in [3.63, 3.8) is 0 Å². The lowest BCUT2D eigenvalue weighted by Crippen LogP contribution is -2.11. The number of carbonyl (C=O) groups is 1. The number of nitrogens with one attached hydrogen (secondary N) is 1. The molecule has 0 aliphatic rings. The highest BCUT2D eigenvalue weighted by molar-refractivity contribution is 14.1. The number of anilines is 1. The van der Waals surface area contributed by atoms with Crippen LogP contribution in [0.1, 0.15) is 10.4 Å². The monoisotopic (exact) mass is 415 g/mol. The van der Waals surface area contributed by atoms with Crippen LogP contribution in [0.15, 0.2) is 40.8 Å². The SMILES string of the molecule is O=C(Nc1nc(-c2ccc(I)o2)ns1)c1ccc(F)cc1. The van der Waals surface area contributed by atoms with Crippen LogP contribution in [-0.2, 0) is 0 Å². The summed E-state index contributed by atoms with van der Waals surface area (Å²) in [6.07, 6.45) is 0. The summed E-state index contributed by atoms with van der Waals surface area (Å²) in [5.41, 5.74) is 0.348. The van der Waals surface area contributed by atoms with Crippen molar-refractivity contribution in [1.82, 2.24) is 9.36 Å². The number of hydrogen-bond acceptors (Lipinski definition) is 5. The van der Waals surface area contributed by atoms with Crippen molar-refractivity contribution >= 4 is 45.2 Å². The van der Waals surface area contributed by atoms with E-state index in [1.54, 1.807) is 12.1 Å². The van der Waals surface area contributed by atoms with Crippen LogP contribution in [-0.4, -0.2) is 15.3 Å². The second kappa shape index (κ2) is 5.90.